The van der Waals surface area contributed by atoms with E-state index >= 15 is 0 Å². The molecule has 0 fully saturated rings. The van der Waals surface area contributed by atoms with Gasteiger partial charge in [-0.2, -0.15) is 0 Å². The van der Waals surface area contributed by atoms with Crippen molar-refractivity contribution in [1.29, 1.82) is 0 Å². The van der Waals surface area contributed by atoms with E-state index in [4.69, 9.17) is 25.5 Å². The van der Waals surface area contributed by atoms with E-state index in [9.17, 15) is 4.79 Å². The highest BCUT2D eigenvalue weighted by Gasteiger charge is 2.18. The van der Waals surface area contributed by atoms with Gasteiger partial charge in [-0.15, -0.1) is 0 Å². The van der Waals surface area contributed by atoms with Crippen molar-refractivity contribution >= 4 is 23.6 Å². The molecule has 0 saturated carbocycles. The maximum Gasteiger partial charge on any atom is 0.244 e. The first-order valence-electron chi connectivity index (χ1n) is 7.79. The van der Waals surface area contributed by atoms with E-state index in [2.05, 4.69) is 5.32 Å². The van der Waals surface area contributed by atoms with Crippen molar-refractivity contribution in [1.82, 2.24) is 10.2 Å². The van der Waals surface area contributed by atoms with E-state index in [1.807, 2.05) is 31.1 Å². The number of halogens is 1. The number of carbonyl (C=O) groups is 1. The Hall–Kier alpha value is -2.44. The SMILES string of the molecule is CN(C)C(CNC(=O)/C=C/c1cc(Cl)c2c(c1)OCO2)c1ccco1. The van der Waals surface area contributed by atoms with Crippen molar-refractivity contribution in [3.05, 3.63) is 53.0 Å². The molecule has 25 heavy (non-hydrogen) atoms. The van der Waals surface area contributed by atoms with Crippen LogP contribution in [0, 0.1) is 0 Å². The number of likely N-dealkylation sites (N-methyl/N-ethyl adjacent to an activating group) is 1. The topological polar surface area (TPSA) is 63.9 Å². The smallest absolute Gasteiger partial charge is 0.244 e. The molecule has 1 aliphatic rings. The quantitative estimate of drug-likeness (QED) is 0.800. The number of hydrogen-bond acceptors (Lipinski definition) is 5. The fourth-order valence-electron chi connectivity index (χ4n) is 2.53. The van der Waals surface area contributed by atoms with Crippen molar-refractivity contribution < 1.29 is 18.7 Å². The number of carbonyl (C=O) groups excluding carboxylic acids is 1. The van der Waals surface area contributed by atoms with E-state index in [-0.39, 0.29) is 18.7 Å². The molecule has 1 unspecified atom stereocenters. The largest absolute Gasteiger partial charge is 0.468 e. The lowest BCUT2D eigenvalue weighted by Crippen LogP contribution is -2.33. The Bertz CT molecular complexity index is 772. The summed E-state index contributed by atoms with van der Waals surface area (Å²) in [6.45, 7) is 0.590. The van der Waals surface area contributed by atoms with Crippen molar-refractivity contribution in [2.45, 2.75) is 6.04 Å². The van der Waals surface area contributed by atoms with Gasteiger partial charge < -0.3 is 19.2 Å². The van der Waals surface area contributed by atoms with E-state index in [0.29, 0.717) is 23.1 Å². The van der Waals surface area contributed by atoms with Crippen LogP contribution < -0.4 is 14.8 Å². The third kappa shape index (κ3) is 4.15. The zero-order chi connectivity index (χ0) is 17.8. The number of amides is 1. The number of ether oxygens (including phenoxy) is 2. The van der Waals surface area contributed by atoms with Gasteiger partial charge in [-0.3, -0.25) is 9.69 Å². The van der Waals surface area contributed by atoms with Gasteiger partial charge in [0.15, 0.2) is 11.5 Å². The third-order valence-electron chi connectivity index (χ3n) is 3.84. The number of furan rings is 1. The molecule has 1 aliphatic heterocycles. The van der Waals surface area contributed by atoms with Crippen molar-refractivity contribution in [3.63, 3.8) is 0 Å². The maximum absolute atomic E-state index is 12.1. The van der Waals surface area contributed by atoms with Crippen LogP contribution in [0.1, 0.15) is 17.4 Å². The Morgan fingerprint density at radius 3 is 2.96 bits per heavy atom. The van der Waals surface area contributed by atoms with Crippen LogP contribution in [0.15, 0.2) is 41.0 Å². The van der Waals surface area contributed by atoms with Gasteiger partial charge in [-0.05, 0) is 50.0 Å². The van der Waals surface area contributed by atoms with Gasteiger partial charge in [0.05, 0.1) is 17.3 Å². The molecule has 0 aliphatic carbocycles. The minimum atomic E-state index is -0.202. The van der Waals surface area contributed by atoms with Gasteiger partial charge in [-0.1, -0.05) is 11.6 Å². The summed E-state index contributed by atoms with van der Waals surface area (Å²) in [6.07, 6.45) is 4.76. The van der Waals surface area contributed by atoms with Crippen molar-refractivity contribution in [2.75, 3.05) is 27.4 Å². The van der Waals surface area contributed by atoms with Gasteiger partial charge in [0, 0.05) is 12.6 Å². The minimum absolute atomic E-state index is 0.0349. The molecule has 3 rings (SSSR count). The van der Waals surface area contributed by atoms with Crippen LogP contribution in [-0.2, 0) is 4.79 Å². The molecule has 7 heteroatoms. The number of hydrogen-bond donors (Lipinski definition) is 1. The molecule has 1 N–H and O–H groups in total. The lowest BCUT2D eigenvalue weighted by Gasteiger charge is -2.22. The van der Waals surface area contributed by atoms with Gasteiger partial charge >= 0.3 is 0 Å². The summed E-state index contributed by atoms with van der Waals surface area (Å²) < 4.78 is 16.0. The van der Waals surface area contributed by atoms with Crippen LogP contribution in [0.2, 0.25) is 5.02 Å². The summed E-state index contributed by atoms with van der Waals surface area (Å²) >= 11 is 6.13. The summed E-state index contributed by atoms with van der Waals surface area (Å²) in [5.74, 6) is 1.72. The molecule has 1 amide bonds. The average Bonchev–Trinajstić information content (AvgIpc) is 3.24. The molecular weight excluding hydrogens is 344 g/mol. The number of benzene rings is 1. The Labute approximate surface area is 151 Å². The van der Waals surface area contributed by atoms with Crippen molar-refractivity contribution in [2.24, 2.45) is 0 Å². The Kier molecular flexibility index (Phi) is 5.31. The molecule has 0 spiro atoms. The maximum atomic E-state index is 12.1. The van der Waals surface area contributed by atoms with E-state index in [1.54, 1.807) is 24.5 Å². The molecule has 1 atom stereocenters. The standard InChI is InChI=1S/C18H19ClN2O4/c1-21(2)14(15-4-3-7-23-15)10-20-17(22)6-5-12-8-13(19)18-16(9-12)24-11-25-18/h3-9,14H,10-11H2,1-2H3,(H,20,22)/b6-5+. The Balaban J connectivity index is 1.61. The Morgan fingerprint density at radius 1 is 1.40 bits per heavy atom. The van der Waals surface area contributed by atoms with Crippen LogP contribution in [0.5, 0.6) is 11.5 Å². The molecule has 6 nitrogen and oxygen atoms in total. The van der Waals surface area contributed by atoms with E-state index in [0.717, 1.165) is 11.3 Å². The number of rotatable bonds is 6. The highest BCUT2D eigenvalue weighted by Crippen LogP contribution is 2.40. The lowest BCUT2D eigenvalue weighted by molar-refractivity contribution is -0.116. The third-order valence-corrected chi connectivity index (χ3v) is 4.12. The fourth-order valence-corrected chi connectivity index (χ4v) is 2.80. The fraction of sp³-hybridized carbons (Fsp3) is 0.278. The molecule has 2 heterocycles. The molecule has 1 aromatic heterocycles. The highest BCUT2D eigenvalue weighted by atomic mass is 35.5. The predicted octanol–water partition coefficient (Wildman–Crippen LogP) is 3.09. The van der Waals surface area contributed by atoms with E-state index in [1.165, 1.54) is 6.08 Å². The normalized spacial score (nSPS) is 14.2. The minimum Gasteiger partial charge on any atom is -0.468 e. The lowest BCUT2D eigenvalue weighted by atomic mass is 10.2. The monoisotopic (exact) mass is 362 g/mol. The Morgan fingerprint density at radius 2 is 2.24 bits per heavy atom. The van der Waals surface area contributed by atoms with Crippen LogP contribution in [-0.4, -0.2) is 38.2 Å². The zero-order valence-electron chi connectivity index (χ0n) is 14.0. The highest BCUT2D eigenvalue weighted by molar-refractivity contribution is 6.32. The van der Waals surface area contributed by atoms with Gasteiger partial charge in [0.2, 0.25) is 12.7 Å². The zero-order valence-corrected chi connectivity index (χ0v) is 14.7. The summed E-state index contributed by atoms with van der Waals surface area (Å²) in [4.78, 5) is 14.1. The second-order valence-corrected chi connectivity index (χ2v) is 6.22. The first-order chi connectivity index (χ1) is 12.0. The number of nitrogens with zero attached hydrogens (tertiary/aromatic N) is 1. The summed E-state index contributed by atoms with van der Waals surface area (Å²) in [5, 5.41) is 3.33. The molecule has 1 aromatic carbocycles. The van der Waals surface area contributed by atoms with Crippen molar-refractivity contribution in [3.8, 4) is 11.5 Å². The second-order valence-electron chi connectivity index (χ2n) is 5.81. The number of fused-ring (bicyclic) bond motifs is 1. The molecule has 132 valence electrons. The van der Waals surface area contributed by atoms with Gasteiger partial charge in [0.25, 0.3) is 0 Å². The first kappa shape index (κ1) is 17.4. The average molecular weight is 363 g/mol. The molecule has 0 bridgehead atoms. The van der Waals surface area contributed by atoms with Crippen LogP contribution >= 0.6 is 11.6 Å². The van der Waals surface area contributed by atoms with Crippen LogP contribution in [0.3, 0.4) is 0 Å². The van der Waals surface area contributed by atoms with E-state index < -0.39 is 0 Å². The van der Waals surface area contributed by atoms with Crippen LogP contribution in [0.4, 0.5) is 0 Å². The summed E-state index contributed by atoms with van der Waals surface area (Å²) in [7, 11) is 3.87. The second kappa shape index (κ2) is 7.63. The number of nitrogens with one attached hydrogen (secondary N) is 1. The van der Waals surface area contributed by atoms with Gasteiger partial charge in [0.1, 0.15) is 5.76 Å². The molecular formula is C18H19ClN2O4. The molecule has 0 radical (unpaired) electrons. The van der Waals surface area contributed by atoms with Gasteiger partial charge in [-0.25, -0.2) is 0 Å². The van der Waals surface area contributed by atoms with Crippen LogP contribution in [0.25, 0.3) is 6.08 Å². The first-order valence-corrected chi connectivity index (χ1v) is 8.17. The molecule has 2 aromatic rings. The summed E-state index contributed by atoms with van der Waals surface area (Å²) in [5.41, 5.74) is 0.764. The molecule has 0 saturated heterocycles. The summed E-state index contributed by atoms with van der Waals surface area (Å²) in [6, 6.07) is 7.19. The predicted molar refractivity (Wildman–Crippen MR) is 94.8 cm³/mol.